The summed E-state index contributed by atoms with van der Waals surface area (Å²) in [6, 6.07) is 17.7. The van der Waals surface area contributed by atoms with Crippen LogP contribution in [-0.4, -0.2) is 34.0 Å². The molecule has 0 saturated heterocycles. The summed E-state index contributed by atoms with van der Waals surface area (Å²) in [5.74, 6) is -0.150. The Bertz CT molecular complexity index is 1380. The zero-order valence-electron chi connectivity index (χ0n) is 18.6. The minimum Gasteiger partial charge on any atom is -0.484 e. The van der Waals surface area contributed by atoms with Crippen molar-refractivity contribution in [2.24, 2.45) is 5.10 Å². The highest BCUT2D eigenvalue weighted by atomic mass is 35.5. The fourth-order valence-corrected chi connectivity index (χ4v) is 3.49. The van der Waals surface area contributed by atoms with Gasteiger partial charge in [-0.05, 0) is 67.4 Å². The van der Waals surface area contributed by atoms with Crippen molar-refractivity contribution in [3.8, 4) is 5.75 Å². The van der Waals surface area contributed by atoms with Crippen LogP contribution in [0.3, 0.4) is 0 Å². The number of hydrogen-bond donors (Lipinski definition) is 2. The lowest BCUT2D eigenvalue weighted by molar-refractivity contribution is -0.118. The highest BCUT2D eigenvalue weighted by Gasteiger charge is 2.16. The molecule has 0 aliphatic rings. The van der Waals surface area contributed by atoms with Gasteiger partial charge in [0, 0.05) is 6.20 Å². The highest BCUT2D eigenvalue weighted by molar-refractivity contribution is 6.33. The second-order valence-corrected chi connectivity index (χ2v) is 7.97. The van der Waals surface area contributed by atoms with Crippen molar-refractivity contribution in [2.75, 3.05) is 11.9 Å². The van der Waals surface area contributed by atoms with Crippen LogP contribution in [0.4, 0.5) is 5.69 Å². The van der Waals surface area contributed by atoms with Crippen molar-refractivity contribution in [3.63, 3.8) is 0 Å². The number of carbonyl (C=O) groups excluding carboxylic acids is 2. The molecule has 2 aromatic carbocycles. The SMILES string of the molecule is Cc1ccc2nc(C)c(C(=O)N/N=C\c3ccc(OCC(=O)Nc4ccccc4Cl)cc3)n2c1. The number of amides is 2. The van der Waals surface area contributed by atoms with Gasteiger partial charge in [-0.1, -0.05) is 29.8 Å². The predicted molar refractivity (Wildman–Crippen MR) is 132 cm³/mol. The van der Waals surface area contributed by atoms with E-state index in [0.717, 1.165) is 11.1 Å². The number of para-hydroxylation sites is 1. The largest absolute Gasteiger partial charge is 0.484 e. The maximum absolute atomic E-state index is 12.6. The second-order valence-electron chi connectivity index (χ2n) is 7.57. The smallest absolute Gasteiger partial charge is 0.290 e. The summed E-state index contributed by atoms with van der Waals surface area (Å²) in [4.78, 5) is 29.1. The average Bonchev–Trinajstić information content (AvgIpc) is 3.15. The Hall–Kier alpha value is -4.17. The third kappa shape index (κ3) is 5.41. The molecular formula is C25H22ClN5O3. The number of nitrogens with zero attached hydrogens (tertiary/aromatic N) is 3. The van der Waals surface area contributed by atoms with Crippen molar-refractivity contribution >= 4 is 41.0 Å². The van der Waals surface area contributed by atoms with E-state index in [9.17, 15) is 9.59 Å². The molecule has 2 N–H and O–H groups in total. The monoisotopic (exact) mass is 475 g/mol. The molecule has 0 aliphatic heterocycles. The van der Waals surface area contributed by atoms with Crippen LogP contribution < -0.4 is 15.5 Å². The Kier molecular flexibility index (Phi) is 6.89. The predicted octanol–water partition coefficient (Wildman–Crippen LogP) is 4.39. The van der Waals surface area contributed by atoms with Crippen LogP contribution in [0.25, 0.3) is 5.65 Å². The Morgan fingerprint density at radius 3 is 2.62 bits per heavy atom. The average molecular weight is 476 g/mol. The van der Waals surface area contributed by atoms with Crippen molar-refractivity contribution in [2.45, 2.75) is 13.8 Å². The maximum atomic E-state index is 12.6. The van der Waals surface area contributed by atoms with E-state index in [1.807, 2.05) is 25.3 Å². The van der Waals surface area contributed by atoms with E-state index in [1.165, 1.54) is 6.21 Å². The van der Waals surface area contributed by atoms with Gasteiger partial charge in [0.1, 0.15) is 17.1 Å². The number of imidazole rings is 1. The first-order valence-electron chi connectivity index (χ1n) is 10.5. The van der Waals surface area contributed by atoms with E-state index in [-0.39, 0.29) is 18.4 Å². The second kappa shape index (κ2) is 10.2. The first-order valence-corrected chi connectivity index (χ1v) is 10.8. The number of pyridine rings is 1. The fraction of sp³-hybridized carbons (Fsp3) is 0.120. The van der Waals surface area contributed by atoms with Crippen LogP contribution in [-0.2, 0) is 4.79 Å². The van der Waals surface area contributed by atoms with Crippen LogP contribution in [0.5, 0.6) is 5.75 Å². The highest BCUT2D eigenvalue weighted by Crippen LogP contribution is 2.20. The minimum absolute atomic E-state index is 0.160. The van der Waals surface area contributed by atoms with Gasteiger partial charge in [-0.15, -0.1) is 0 Å². The number of hydrazone groups is 1. The fourth-order valence-electron chi connectivity index (χ4n) is 3.31. The number of fused-ring (bicyclic) bond motifs is 1. The number of anilines is 1. The normalized spacial score (nSPS) is 11.0. The third-order valence-electron chi connectivity index (χ3n) is 4.93. The maximum Gasteiger partial charge on any atom is 0.290 e. The van der Waals surface area contributed by atoms with Crippen LogP contribution in [0.15, 0.2) is 72.0 Å². The van der Waals surface area contributed by atoms with Gasteiger partial charge in [-0.25, -0.2) is 10.4 Å². The van der Waals surface area contributed by atoms with Crippen molar-refractivity contribution < 1.29 is 14.3 Å². The summed E-state index contributed by atoms with van der Waals surface area (Å²) < 4.78 is 7.26. The van der Waals surface area contributed by atoms with Gasteiger partial charge in [0.15, 0.2) is 6.61 Å². The topological polar surface area (TPSA) is 97.1 Å². The van der Waals surface area contributed by atoms with E-state index in [1.54, 1.807) is 59.9 Å². The number of aryl methyl sites for hydroxylation is 2. The molecule has 0 atom stereocenters. The first-order chi connectivity index (χ1) is 16.4. The van der Waals surface area contributed by atoms with Crippen molar-refractivity contribution in [3.05, 3.63) is 94.4 Å². The number of halogens is 1. The number of nitrogens with one attached hydrogen (secondary N) is 2. The van der Waals surface area contributed by atoms with E-state index in [2.05, 4.69) is 20.8 Å². The molecule has 0 radical (unpaired) electrons. The Labute approximate surface area is 201 Å². The number of benzene rings is 2. The summed E-state index contributed by atoms with van der Waals surface area (Å²) in [5.41, 5.74) is 6.61. The number of hydrogen-bond acceptors (Lipinski definition) is 5. The van der Waals surface area contributed by atoms with E-state index in [0.29, 0.717) is 33.5 Å². The van der Waals surface area contributed by atoms with Crippen LogP contribution in [0, 0.1) is 13.8 Å². The molecule has 172 valence electrons. The van der Waals surface area contributed by atoms with E-state index in [4.69, 9.17) is 16.3 Å². The Balaban J connectivity index is 1.31. The molecule has 0 unspecified atom stereocenters. The standard InChI is InChI=1S/C25H22ClN5O3/c1-16-7-12-22-28-17(2)24(31(22)14-16)25(33)30-27-13-18-8-10-19(11-9-18)34-15-23(32)29-21-6-4-3-5-20(21)26/h3-14H,15H2,1-2H3,(H,29,32)(H,30,33)/b27-13-. The molecular weight excluding hydrogens is 454 g/mol. The van der Waals surface area contributed by atoms with Gasteiger partial charge in [-0.2, -0.15) is 5.10 Å². The Morgan fingerprint density at radius 1 is 1.09 bits per heavy atom. The molecule has 0 bridgehead atoms. The third-order valence-corrected chi connectivity index (χ3v) is 5.26. The Morgan fingerprint density at radius 2 is 1.85 bits per heavy atom. The molecule has 2 heterocycles. The molecule has 0 fully saturated rings. The summed E-state index contributed by atoms with van der Waals surface area (Å²) >= 11 is 6.03. The van der Waals surface area contributed by atoms with Gasteiger partial charge in [0.05, 0.1) is 22.6 Å². The number of rotatable bonds is 7. The van der Waals surface area contributed by atoms with E-state index >= 15 is 0 Å². The molecule has 4 aromatic rings. The van der Waals surface area contributed by atoms with Gasteiger partial charge in [-0.3, -0.25) is 14.0 Å². The van der Waals surface area contributed by atoms with Gasteiger partial charge in [0.25, 0.3) is 11.8 Å². The zero-order valence-corrected chi connectivity index (χ0v) is 19.3. The molecule has 0 aliphatic carbocycles. The molecule has 2 amide bonds. The lowest BCUT2D eigenvalue weighted by Gasteiger charge is -2.08. The number of carbonyl (C=O) groups is 2. The molecule has 2 aromatic heterocycles. The molecule has 4 rings (SSSR count). The lowest BCUT2D eigenvalue weighted by Crippen LogP contribution is -2.20. The van der Waals surface area contributed by atoms with Crippen molar-refractivity contribution in [1.82, 2.24) is 14.8 Å². The quantitative estimate of drug-likeness (QED) is 0.306. The van der Waals surface area contributed by atoms with Gasteiger partial charge >= 0.3 is 0 Å². The van der Waals surface area contributed by atoms with Gasteiger partial charge < -0.3 is 10.1 Å². The van der Waals surface area contributed by atoms with Crippen molar-refractivity contribution in [1.29, 1.82) is 0 Å². The molecule has 0 spiro atoms. The minimum atomic E-state index is -0.351. The summed E-state index contributed by atoms with van der Waals surface area (Å²) in [7, 11) is 0. The van der Waals surface area contributed by atoms with Crippen LogP contribution >= 0.6 is 11.6 Å². The van der Waals surface area contributed by atoms with Gasteiger partial charge in [0.2, 0.25) is 0 Å². The number of aromatic nitrogens is 2. The summed E-state index contributed by atoms with van der Waals surface area (Å²) in [6.07, 6.45) is 3.39. The molecule has 34 heavy (non-hydrogen) atoms. The summed E-state index contributed by atoms with van der Waals surface area (Å²) in [6.45, 7) is 3.58. The summed E-state index contributed by atoms with van der Waals surface area (Å²) in [5, 5.41) is 7.20. The molecule has 8 nitrogen and oxygen atoms in total. The van der Waals surface area contributed by atoms with E-state index < -0.39 is 0 Å². The number of ether oxygens (including phenoxy) is 1. The molecule has 0 saturated carbocycles. The first kappa shape index (κ1) is 23.0. The zero-order chi connectivity index (χ0) is 24.1. The lowest BCUT2D eigenvalue weighted by atomic mass is 10.2. The van der Waals surface area contributed by atoms with Crippen LogP contribution in [0.1, 0.15) is 27.3 Å². The molecule has 9 heteroatoms. The van der Waals surface area contributed by atoms with Crippen LogP contribution in [0.2, 0.25) is 5.02 Å².